The van der Waals surface area contributed by atoms with Gasteiger partial charge in [-0.15, -0.1) is 0 Å². The first-order valence-corrected chi connectivity index (χ1v) is 6.04. The lowest BCUT2D eigenvalue weighted by atomic mass is 10.2. The van der Waals surface area contributed by atoms with Gasteiger partial charge in [0.1, 0.15) is 16.4 Å². The Hall–Kier alpha value is -1.88. The van der Waals surface area contributed by atoms with Crippen LogP contribution in [-0.2, 0) is 10.8 Å². The number of carboxylic acid groups (broad SMARTS) is 1. The predicted octanol–water partition coefficient (Wildman–Crippen LogP) is 2.45. The maximum absolute atomic E-state index is 12.1. The van der Waals surface area contributed by atoms with Gasteiger partial charge in [-0.3, -0.25) is 0 Å². The van der Waals surface area contributed by atoms with Gasteiger partial charge in [0, 0.05) is 4.90 Å². The Labute approximate surface area is 100 Å². The standard InChI is InChI=1S/C12H10O4S/c1-8-2-4-9(5-3-8)17(15)12-10(11(13)14)6-7-16-12/h2-7H,1H3,(H,13,14)/t17-/m0/s1. The van der Waals surface area contributed by atoms with E-state index in [0.29, 0.717) is 4.90 Å². The van der Waals surface area contributed by atoms with Crippen molar-refractivity contribution >= 4 is 16.8 Å². The van der Waals surface area contributed by atoms with Crippen LogP contribution in [0.15, 0.2) is 51.0 Å². The smallest absolute Gasteiger partial charge is 0.340 e. The molecule has 0 unspecified atom stereocenters. The average molecular weight is 250 g/mol. The maximum Gasteiger partial charge on any atom is 0.340 e. The summed E-state index contributed by atoms with van der Waals surface area (Å²) in [5.41, 5.74) is 0.979. The van der Waals surface area contributed by atoms with Crippen LogP contribution in [-0.4, -0.2) is 15.3 Å². The number of hydrogen-bond acceptors (Lipinski definition) is 3. The second-order valence-electron chi connectivity index (χ2n) is 3.51. The Balaban J connectivity index is 2.40. The molecular formula is C12H10O4S. The number of benzene rings is 1. The number of rotatable bonds is 3. The fourth-order valence-electron chi connectivity index (χ4n) is 1.37. The molecule has 0 aliphatic carbocycles. The minimum Gasteiger partial charge on any atom is -0.478 e. The third-order valence-corrected chi connectivity index (χ3v) is 3.62. The second-order valence-corrected chi connectivity index (χ2v) is 4.89. The average Bonchev–Trinajstić information content (AvgIpc) is 2.78. The molecule has 1 aromatic carbocycles. The Morgan fingerprint density at radius 3 is 2.47 bits per heavy atom. The van der Waals surface area contributed by atoms with E-state index in [0.717, 1.165) is 5.56 Å². The van der Waals surface area contributed by atoms with Crippen molar-refractivity contribution in [1.29, 1.82) is 0 Å². The fraction of sp³-hybridized carbons (Fsp3) is 0.0833. The van der Waals surface area contributed by atoms with Gasteiger partial charge in [-0.1, -0.05) is 17.7 Å². The second kappa shape index (κ2) is 4.55. The summed E-state index contributed by atoms with van der Waals surface area (Å²) in [6.45, 7) is 1.92. The van der Waals surface area contributed by atoms with Crippen LogP contribution in [0.25, 0.3) is 0 Å². The van der Waals surface area contributed by atoms with Gasteiger partial charge in [-0.05, 0) is 25.1 Å². The van der Waals surface area contributed by atoms with E-state index >= 15 is 0 Å². The molecule has 1 N–H and O–H groups in total. The minimum absolute atomic E-state index is 0.0265. The SMILES string of the molecule is Cc1ccc([S@](=O)c2occc2C(=O)O)cc1. The van der Waals surface area contributed by atoms with Crippen LogP contribution in [0.2, 0.25) is 0 Å². The molecule has 0 aliphatic heterocycles. The van der Waals surface area contributed by atoms with E-state index < -0.39 is 16.8 Å². The van der Waals surface area contributed by atoms with E-state index in [4.69, 9.17) is 9.52 Å². The number of aromatic carboxylic acids is 1. The summed E-state index contributed by atoms with van der Waals surface area (Å²) in [6.07, 6.45) is 1.23. The highest BCUT2D eigenvalue weighted by atomic mass is 32.2. The molecule has 0 saturated heterocycles. The van der Waals surface area contributed by atoms with Gasteiger partial charge in [-0.25, -0.2) is 9.00 Å². The topological polar surface area (TPSA) is 67.5 Å². The van der Waals surface area contributed by atoms with Crippen LogP contribution in [0.3, 0.4) is 0 Å². The highest BCUT2D eigenvalue weighted by Gasteiger charge is 2.20. The first kappa shape index (κ1) is 11.6. The summed E-state index contributed by atoms with van der Waals surface area (Å²) in [5, 5.41) is 8.87. The summed E-state index contributed by atoms with van der Waals surface area (Å²) in [4.78, 5) is 11.4. The lowest BCUT2D eigenvalue weighted by Gasteiger charge is -2.00. The quantitative estimate of drug-likeness (QED) is 0.908. The molecule has 5 heteroatoms. The third kappa shape index (κ3) is 2.29. The zero-order valence-corrected chi connectivity index (χ0v) is 9.86. The highest BCUT2D eigenvalue weighted by Crippen LogP contribution is 2.21. The monoisotopic (exact) mass is 250 g/mol. The molecule has 4 nitrogen and oxygen atoms in total. The molecule has 0 bridgehead atoms. The van der Waals surface area contributed by atoms with Crippen molar-refractivity contribution in [3.8, 4) is 0 Å². The van der Waals surface area contributed by atoms with E-state index in [2.05, 4.69) is 0 Å². The van der Waals surface area contributed by atoms with Gasteiger partial charge in [0.2, 0.25) is 5.09 Å². The van der Waals surface area contributed by atoms with Crippen molar-refractivity contribution in [2.75, 3.05) is 0 Å². The number of aryl methyl sites for hydroxylation is 1. The normalized spacial score (nSPS) is 12.3. The van der Waals surface area contributed by atoms with E-state index in [1.165, 1.54) is 12.3 Å². The fourth-order valence-corrected chi connectivity index (χ4v) is 2.46. The van der Waals surface area contributed by atoms with Gasteiger partial charge in [-0.2, -0.15) is 0 Å². The highest BCUT2D eigenvalue weighted by molar-refractivity contribution is 7.85. The van der Waals surface area contributed by atoms with Crippen LogP contribution < -0.4 is 0 Å². The molecule has 0 radical (unpaired) electrons. The summed E-state index contributed by atoms with van der Waals surface area (Å²) in [5.74, 6) is -1.14. The molecule has 2 aromatic rings. The number of furan rings is 1. The largest absolute Gasteiger partial charge is 0.478 e. The van der Waals surface area contributed by atoms with Crippen LogP contribution in [0.1, 0.15) is 15.9 Å². The zero-order chi connectivity index (χ0) is 12.4. The molecule has 17 heavy (non-hydrogen) atoms. The molecule has 1 heterocycles. The number of carboxylic acids is 1. The number of carbonyl (C=O) groups is 1. The van der Waals surface area contributed by atoms with E-state index in [9.17, 15) is 9.00 Å². The van der Waals surface area contributed by atoms with Crippen molar-refractivity contribution in [2.45, 2.75) is 16.9 Å². The Morgan fingerprint density at radius 1 is 1.24 bits per heavy atom. The van der Waals surface area contributed by atoms with Gasteiger partial charge in [0.15, 0.2) is 0 Å². The molecule has 0 amide bonds. The Bertz CT molecular complexity index is 568. The molecule has 2 rings (SSSR count). The Kier molecular flexibility index (Phi) is 3.10. The molecule has 1 atom stereocenters. The van der Waals surface area contributed by atoms with E-state index in [-0.39, 0.29) is 10.7 Å². The molecule has 0 fully saturated rings. The third-order valence-electron chi connectivity index (χ3n) is 2.26. The summed E-state index contributed by atoms with van der Waals surface area (Å²) >= 11 is 0. The van der Waals surface area contributed by atoms with Gasteiger partial charge >= 0.3 is 5.97 Å². The molecular weight excluding hydrogens is 240 g/mol. The van der Waals surface area contributed by atoms with Crippen molar-refractivity contribution in [3.63, 3.8) is 0 Å². The Morgan fingerprint density at radius 2 is 1.88 bits per heavy atom. The first-order valence-electron chi connectivity index (χ1n) is 4.89. The molecule has 0 spiro atoms. The molecule has 0 aliphatic rings. The van der Waals surface area contributed by atoms with Crippen LogP contribution in [0, 0.1) is 6.92 Å². The lowest BCUT2D eigenvalue weighted by Crippen LogP contribution is -2.01. The minimum atomic E-state index is -1.60. The van der Waals surface area contributed by atoms with E-state index in [1.807, 2.05) is 19.1 Å². The first-order chi connectivity index (χ1) is 8.09. The molecule has 1 aromatic heterocycles. The summed E-state index contributed by atoms with van der Waals surface area (Å²) < 4.78 is 17.1. The van der Waals surface area contributed by atoms with Crippen molar-refractivity contribution in [1.82, 2.24) is 0 Å². The maximum atomic E-state index is 12.1. The molecule has 88 valence electrons. The van der Waals surface area contributed by atoms with Gasteiger partial charge < -0.3 is 9.52 Å². The van der Waals surface area contributed by atoms with Crippen LogP contribution in [0.4, 0.5) is 0 Å². The number of hydrogen-bond donors (Lipinski definition) is 1. The van der Waals surface area contributed by atoms with Crippen molar-refractivity contribution in [3.05, 3.63) is 47.7 Å². The van der Waals surface area contributed by atoms with Crippen molar-refractivity contribution in [2.24, 2.45) is 0 Å². The summed E-state index contributed by atoms with van der Waals surface area (Å²) in [6, 6.07) is 8.32. The van der Waals surface area contributed by atoms with Crippen LogP contribution in [0.5, 0.6) is 0 Å². The lowest BCUT2D eigenvalue weighted by molar-refractivity contribution is 0.0690. The van der Waals surface area contributed by atoms with Gasteiger partial charge in [0.05, 0.1) is 6.26 Å². The predicted molar refractivity (Wildman–Crippen MR) is 61.5 cm³/mol. The van der Waals surface area contributed by atoms with Crippen molar-refractivity contribution < 1.29 is 18.5 Å². The zero-order valence-electron chi connectivity index (χ0n) is 9.04. The molecule has 0 saturated carbocycles. The van der Waals surface area contributed by atoms with Crippen LogP contribution >= 0.6 is 0 Å². The van der Waals surface area contributed by atoms with E-state index in [1.54, 1.807) is 12.1 Å². The van der Waals surface area contributed by atoms with Gasteiger partial charge in [0.25, 0.3) is 0 Å². The summed E-state index contributed by atoms with van der Waals surface area (Å²) in [7, 11) is -1.60.